The van der Waals surface area contributed by atoms with Crippen molar-refractivity contribution in [3.8, 4) is 0 Å². The Balaban J connectivity index is 3.33. The summed E-state index contributed by atoms with van der Waals surface area (Å²) >= 11 is 0. The van der Waals surface area contributed by atoms with Crippen LogP contribution in [-0.2, 0) is 14.3 Å². The number of hydrogen-bond acceptors (Lipinski definition) is 5. The fourth-order valence-electron chi connectivity index (χ4n) is 12.3. The van der Waals surface area contributed by atoms with Gasteiger partial charge in [-0.2, -0.15) is 0 Å². The molecule has 0 aromatic rings. The van der Waals surface area contributed by atoms with Crippen LogP contribution >= 0.6 is 0 Å². The van der Waals surface area contributed by atoms with Crippen molar-refractivity contribution in [3.05, 3.63) is 12.2 Å². The predicted octanol–water partition coefficient (Wildman–Crippen LogP) is 24.7. The van der Waals surface area contributed by atoms with Gasteiger partial charge in [-0.3, -0.25) is 9.59 Å². The molecule has 488 valence electrons. The third-order valence-corrected chi connectivity index (χ3v) is 18.1. The highest BCUT2D eigenvalue weighted by atomic mass is 16.5. The second kappa shape index (κ2) is 72.1. The Labute approximate surface area is 514 Å². The molecule has 0 saturated heterocycles. The zero-order valence-electron chi connectivity index (χ0n) is 56.0. The van der Waals surface area contributed by atoms with Gasteiger partial charge in [-0.25, -0.2) is 0 Å². The maximum Gasteiger partial charge on any atom is 0.305 e. The van der Waals surface area contributed by atoms with E-state index < -0.39 is 12.1 Å². The predicted molar refractivity (Wildman–Crippen MR) is 361 cm³/mol. The molecular formula is C76H149NO5. The molecule has 6 nitrogen and oxygen atoms in total. The summed E-state index contributed by atoms with van der Waals surface area (Å²) in [7, 11) is 0. The zero-order chi connectivity index (χ0) is 59.2. The Bertz CT molecular complexity index is 1240. The SMILES string of the molecule is CCCCCCCCCCCCCCCCCCC/C=C/C(O)C(CO)NC(=O)CCCCCCCCCCCCCCCCCCCCCCCCCCCCCCCCCCOC(=O)CCCCCCCCCCCCCCCC. The number of amides is 1. The maximum atomic E-state index is 12.5. The topological polar surface area (TPSA) is 95.9 Å². The van der Waals surface area contributed by atoms with Gasteiger partial charge in [-0.1, -0.05) is 405 Å². The molecule has 0 fully saturated rings. The molecule has 3 N–H and O–H groups in total. The molecule has 1 amide bonds. The van der Waals surface area contributed by atoms with E-state index in [2.05, 4.69) is 19.2 Å². The molecule has 82 heavy (non-hydrogen) atoms. The van der Waals surface area contributed by atoms with Crippen molar-refractivity contribution in [3.63, 3.8) is 0 Å². The van der Waals surface area contributed by atoms with Gasteiger partial charge >= 0.3 is 5.97 Å². The van der Waals surface area contributed by atoms with Gasteiger partial charge in [0.1, 0.15) is 0 Å². The highest BCUT2D eigenvalue weighted by Crippen LogP contribution is 2.20. The number of carbonyl (C=O) groups is 2. The zero-order valence-corrected chi connectivity index (χ0v) is 56.0. The number of hydrogen-bond donors (Lipinski definition) is 3. The van der Waals surface area contributed by atoms with Gasteiger partial charge in [0.05, 0.1) is 25.4 Å². The molecule has 0 aliphatic rings. The van der Waals surface area contributed by atoms with E-state index in [0.717, 1.165) is 38.5 Å². The van der Waals surface area contributed by atoms with E-state index in [1.165, 1.54) is 372 Å². The van der Waals surface area contributed by atoms with Crippen LogP contribution in [0.4, 0.5) is 0 Å². The normalized spacial score (nSPS) is 12.5. The van der Waals surface area contributed by atoms with Gasteiger partial charge in [0.2, 0.25) is 5.91 Å². The molecular weight excluding hydrogens is 1010 g/mol. The maximum absolute atomic E-state index is 12.5. The Morgan fingerprint density at radius 1 is 0.329 bits per heavy atom. The van der Waals surface area contributed by atoms with Crippen molar-refractivity contribution < 1.29 is 24.5 Å². The molecule has 0 aromatic heterocycles. The van der Waals surface area contributed by atoms with Crippen molar-refractivity contribution in [1.82, 2.24) is 5.32 Å². The van der Waals surface area contributed by atoms with Crippen LogP contribution < -0.4 is 5.32 Å². The average molecular weight is 1160 g/mol. The number of unbranched alkanes of at least 4 members (excludes halogenated alkanes) is 61. The van der Waals surface area contributed by atoms with Crippen molar-refractivity contribution in [1.29, 1.82) is 0 Å². The standard InChI is InChI=1S/C76H149NO5/c1-3-5-7-9-11-13-15-17-19-20-35-38-41-44-48-52-56-60-64-68-74(79)73(72-78)77-75(80)69-65-61-57-53-49-45-42-39-36-33-31-29-27-25-23-21-22-24-26-28-30-32-34-37-40-43-47-51-55-59-63-67-71-82-76(81)70-66-62-58-54-50-46-18-16-14-12-10-8-6-4-2/h64,68,73-74,78-79H,3-63,65-67,69-72H2,1-2H3,(H,77,80)/b68-64+. The summed E-state index contributed by atoms with van der Waals surface area (Å²) in [5.74, 6) is -0.0346. The van der Waals surface area contributed by atoms with E-state index in [1.54, 1.807) is 6.08 Å². The summed E-state index contributed by atoms with van der Waals surface area (Å²) in [5.41, 5.74) is 0. The third-order valence-electron chi connectivity index (χ3n) is 18.1. The van der Waals surface area contributed by atoms with Crippen LogP contribution in [0.15, 0.2) is 12.2 Å². The molecule has 0 rings (SSSR count). The van der Waals surface area contributed by atoms with Gasteiger partial charge in [0.15, 0.2) is 0 Å². The lowest BCUT2D eigenvalue weighted by Crippen LogP contribution is -2.45. The van der Waals surface area contributed by atoms with Crippen molar-refractivity contribution in [2.24, 2.45) is 0 Å². The van der Waals surface area contributed by atoms with Gasteiger partial charge in [-0.15, -0.1) is 0 Å². The van der Waals surface area contributed by atoms with E-state index in [0.29, 0.717) is 19.4 Å². The number of nitrogens with one attached hydrogen (secondary N) is 1. The number of carbonyl (C=O) groups excluding carboxylic acids is 2. The molecule has 0 spiro atoms. The number of rotatable bonds is 72. The molecule has 0 bridgehead atoms. The minimum absolute atomic E-state index is 0.0243. The molecule has 0 radical (unpaired) electrons. The molecule has 6 heteroatoms. The van der Waals surface area contributed by atoms with Gasteiger partial charge in [-0.05, 0) is 32.1 Å². The van der Waals surface area contributed by atoms with Crippen molar-refractivity contribution in [2.45, 2.75) is 450 Å². The van der Waals surface area contributed by atoms with Gasteiger partial charge in [0, 0.05) is 12.8 Å². The molecule has 0 aliphatic carbocycles. The van der Waals surface area contributed by atoms with Crippen LogP contribution in [-0.4, -0.2) is 47.4 Å². The fraction of sp³-hybridized carbons (Fsp3) is 0.947. The van der Waals surface area contributed by atoms with Crippen molar-refractivity contribution >= 4 is 11.9 Å². The molecule has 0 aliphatic heterocycles. The summed E-state index contributed by atoms with van der Waals surface area (Å²) in [5, 5.41) is 23.3. The fourth-order valence-corrected chi connectivity index (χ4v) is 12.3. The number of allylic oxidation sites excluding steroid dienone is 1. The highest BCUT2D eigenvalue weighted by molar-refractivity contribution is 5.76. The Hall–Kier alpha value is -1.40. The van der Waals surface area contributed by atoms with E-state index >= 15 is 0 Å². The molecule has 0 saturated carbocycles. The van der Waals surface area contributed by atoms with Crippen LogP contribution in [0.3, 0.4) is 0 Å². The Kier molecular flexibility index (Phi) is 70.8. The summed E-state index contributed by atoms with van der Waals surface area (Å²) in [4.78, 5) is 24.6. The lowest BCUT2D eigenvalue weighted by Gasteiger charge is -2.20. The monoisotopic (exact) mass is 1160 g/mol. The summed E-state index contributed by atoms with van der Waals surface area (Å²) in [6.45, 7) is 4.96. The first-order chi connectivity index (χ1) is 40.5. The third kappa shape index (κ3) is 67.7. The second-order valence-electron chi connectivity index (χ2n) is 26.4. The van der Waals surface area contributed by atoms with E-state index in [1.807, 2.05) is 6.08 Å². The highest BCUT2D eigenvalue weighted by Gasteiger charge is 2.18. The van der Waals surface area contributed by atoms with Gasteiger partial charge < -0.3 is 20.3 Å². The smallest absolute Gasteiger partial charge is 0.305 e. The van der Waals surface area contributed by atoms with Crippen molar-refractivity contribution in [2.75, 3.05) is 13.2 Å². The average Bonchev–Trinajstić information content (AvgIpc) is 3.48. The summed E-state index contributed by atoms with van der Waals surface area (Å²) in [6, 6.07) is -0.624. The molecule has 2 unspecified atom stereocenters. The number of ether oxygens (including phenoxy) is 1. The Morgan fingerprint density at radius 2 is 0.561 bits per heavy atom. The number of esters is 1. The van der Waals surface area contributed by atoms with E-state index in [4.69, 9.17) is 4.74 Å². The summed E-state index contributed by atoms with van der Waals surface area (Å²) in [6.07, 6.45) is 90.4. The van der Waals surface area contributed by atoms with Crippen LogP contribution in [0.25, 0.3) is 0 Å². The lowest BCUT2D eigenvalue weighted by molar-refractivity contribution is -0.143. The number of aliphatic hydroxyl groups is 2. The first kappa shape index (κ1) is 80.6. The molecule has 0 aromatic carbocycles. The van der Waals surface area contributed by atoms with Gasteiger partial charge in [0.25, 0.3) is 0 Å². The first-order valence-corrected chi connectivity index (χ1v) is 38.0. The Morgan fingerprint density at radius 3 is 0.829 bits per heavy atom. The van der Waals surface area contributed by atoms with Crippen LogP contribution in [0, 0.1) is 0 Å². The first-order valence-electron chi connectivity index (χ1n) is 38.0. The van der Waals surface area contributed by atoms with E-state index in [9.17, 15) is 19.8 Å². The molecule has 2 atom stereocenters. The summed E-state index contributed by atoms with van der Waals surface area (Å²) < 4.78 is 5.50. The second-order valence-corrected chi connectivity index (χ2v) is 26.4. The molecule has 0 heterocycles. The van der Waals surface area contributed by atoms with E-state index in [-0.39, 0.29) is 18.5 Å². The van der Waals surface area contributed by atoms with Crippen LogP contribution in [0.1, 0.15) is 438 Å². The minimum atomic E-state index is -0.841. The largest absolute Gasteiger partial charge is 0.466 e. The lowest BCUT2D eigenvalue weighted by atomic mass is 10.0. The quantitative estimate of drug-likeness (QED) is 0.0320. The minimum Gasteiger partial charge on any atom is -0.466 e. The number of aliphatic hydroxyl groups excluding tert-OH is 2. The van der Waals surface area contributed by atoms with Crippen LogP contribution in [0.5, 0.6) is 0 Å². The van der Waals surface area contributed by atoms with Crippen LogP contribution in [0.2, 0.25) is 0 Å².